The number of carbonyl (C=O) groups is 2. The Labute approximate surface area is 203 Å². The highest BCUT2D eigenvalue weighted by atomic mass is 79.9. The molecule has 0 spiro atoms. The second-order valence-electron chi connectivity index (χ2n) is 7.12. The molecule has 0 atom stereocenters. The minimum absolute atomic E-state index is 0.265. The van der Waals surface area contributed by atoms with Gasteiger partial charge in [-0.15, -0.1) is 0 Å². The van der Waals surface area contributed by atoms with Gasteiger partial charge >= 0.3 is 5.97 Å². The maximum atomic E-state index is 12.6. The van der Waals surface area contributed by atoms with Crippen molar-refractivity contribution in [1.82, 2.24) is 5.32 Å². The lowest BCUT2D eigenvalue weighted by Crippen LogP contribution is -2.19. The van der Waals surface area contributed by atoms with Crippen molar-refractivity contribution in [2.75, 3.05) is 7.11 Å². The highest BCUT2D eigenvalue weighted by molar-refractivity contribution is 9.10. The molecular formula is C25H19BrN2O4S. The lowest BCUT2D eigenvalue weighted by molar-refractivity contribution is -0.115. The van der Waals surface area contributed by atoms with E-state index in [1.54, 1.807) is 55.7 Å². The van der Waals surface area contributed by atoms with Gasteiger partial charge in [0.2, 0.25) is 0 Å². The van der Waals surface area contributed by atoms with Crippen LogP contribution in [-0.2, 0) is 4.79 Å². The smallest absolute Gasteiger partial charge is 0.343 e. The van der Waals surface area contributed by atoms with Gasteiger partial charge in [0.05, 0.1) is 23.3 Å². The zero-order valence-corrected chi connectivity index (χ0v) is 20.2. The number of benzene rings is 3. The number of amides is 1. The van der Waals surface area contributed by atoms with Gasteiger partial charge in [0.25, 0.3) is 5.91 Å². The minimum atomic E-state index is -0.509. The summed E-state index contributed by atoms with van der Waals surface area (Å²) in [6.45, 7) is 2.00. The molecule has 1 heterocycles. The number of rotatable bonds is 5. The van der Waals surface area contributed by atoms with E-state index < -0.39 is 5.97 Å². The first-order valence-corrected chi connectivity index (χ1v) is 11.5. The van der Waals surface area contributed by atoms with Crippen LogP contribution in [-0.4, -0.2) is 24.2 Å². The summed E-state index contributed by atoms with van der Waals surface area (Å²) in [7, 11) is 1.56. The normalized spacial score (nSPS) is 15.5. The predicted octanol–water partition coefficient (Wildman–Crippen LogP) is 5.88. The molecule has 3 aromatic carbocycles. The van der Waals surface area contributed by atoms with Crippen molar-refractivity contribution in [2.24, 2.45) is 4.99 Å². The molecular weight excluding hydrogens is 504 g/mol. The van der Waals surface area contributed by atoms with Crippen LogP contribution in [0.15, 0.2) is 81.1 Å². The highest BCUT2D eigenvalue weighted by Gasteiger charge is 2.24. The number of nitrogens with zero attached hydrogens (tertiary/aromatic N) is 1. The van der Waals surface area contributed by atoms with E-state index in [1.165, 1.54) is 11.8 Å². The average molecular weight is 523 g/mol. The van der Waals surface area contributed by atoms with Gasteiger partial charge in [0.15, 0.2) is 5.17 Å². The van der Waals surface area contributed by atoms with Gasteiger partial charge in [0, 0.05) is 10.0 Å². The van der Waals surface area contributed by atoms with Crippen molar-refractivity contribution in [1.29, 1.82) is 0 Å². The zero-order valence-electron chi connectivity index (χ0n) is 17.8. The largest absolute Gasteiger partial charge is 0.497 e. The summed E-state index contributed by atoms with van der Waals surface area (Å²) in [6.07, 6.45) is 1.68. The number of nitrogens with one attached hydrogen (secondary N) is 1. The summed E-state index contributed by atoms with van der Waals surface area (Å²) < 4.78 is 11.5. The third-order valence-corrected chi connectivity index (χ3v) is 6.11. The maximum Gasteiger partial charge on any atom is 0.343 e. The predicted molar refractivity (Wildman–Crippen MR) is 134 cm³/mol. The number of hydrogen-bond acceptors (Lipinski definition) is 6. The number of aliphatic imine (C=N–C) groups is 1. The molecule has 0 bridgehead atoms. The van der Waals surface area contributed by atoms with E-state index in [1.807, 2.05) is 31.2 Å². The topological polar surface area (TPSA) is 77.0 Å². The molecule has 1 N–H and O–H groups in total. The van der Waals surface area contributed by atoms with Crippen molar-refractivity contribution < 1.29 is 19.1 Å². The number of amidine groups is 1. The van der Waals surface area contributed by atoms with E-state index >= 15 is 0 Å². The summed E-state index contributed by atoms with van der Waals surface area (Å²) in [5, 5.41) is 3.26. The van der Waals surface area contributed by atoms with E-state index in [0.29, 0.717) is 32.7 Å². The molecule has 0 aromatic heterocycles. The molecule has 0 aliphatic carbocycles. The number of aryl methyl sites for hydroxylation is 1. The number of carbonyl (C=O) groups excluding carboxylic acids is 2. The average Bonchev–Trinajstić information content (AvgIpc) is 3.15. The van der Waals surface area contributed by atoms with Crippen LogP contribution in [0.1, 0.15) is 21.5 Å². The summed E-state index contributed by atoms with van der Waals surface area (Å²) in [5.41, 5.74) is 2.86. The second kappa shape index (κ2) is 10.1. The lowest BCUT2D eigenvalue weighted by atomic mass is 10.1. The van der Waals surface area contributed by atoms with Crippen LogP contribution in [0.2, 0.25) is 0 Å². The minimum Gasteiger partial charge on any atom is -0.497 e. The van der Waals surface area contributed by atoms with Crippen LogP contribution in [0.4, 0.5) is 5.69 Å². The number of methoxy groups -OCH3 is 1. The van der Waals surface area contributed by atoms with Crippen LogP contribution in [0, 0.1) is 6.92 Å². The van der Waals surface area contributed by atoms with E-state index in [4.69, 9.17) is 9.47 Å². The first-order chi connectivity index (χ1) is 15.9. The molecule has 1 fully saturated rings. The quantitative estimate of drug-likeness (QED) is 0.257. The molecule has 166 valence electrons. The van der Waals surface area contributed by atoms with Crippen molar-refractivity contribution >= 4 is 56.5 Å². The molecule has 3 aromatic rings. The van der Waals surface area contributed by atoms with Gasteiger partial charge in [-0.25, -0.2) is 9.79 Å². The highest BCUT2D eigenvalue weighted by Crippen LogP contribution is 2.32. The first-order valence-electron chi connectivity index (χ1n) is 9.93. The fourth-order valence-electron chi connectivity index (χ4n) is 2.97. The fourth-order valence-corrected chi connectivity index (χ4v) is 4.18. The monoisotopic (exact) mass is 522 g/mol. The molecule has 1 aliphatic rings. The molecule has 1 saturated heterocycles. The van der Waals surface area contributed by atoms with Gasteiger partial charge in [0.1, 0.15) is 11.5 Å². The SMILES string of the molecule is COc1ccc(C(=O)Oc2ccc(Br)cc2/C=C2\SC(=Nc3ccc(C)cc3)NC2=O)cc1. The molecule has 0 unspecified atom stereocenters. The Morgan fingerprint density at radius 2 is 1.79 bits per heavy atom. The van der Waals surface area contributed by atoms with E-state index in [0.717, 1.165) is 15.7 Å². The Morgan fingerprint density at radius 1 is 1.06 bits per heavy atom. The number of halogens is 1. The third-order valence-electron chi connectivity index (χ3n) is 4.70. The van der Waals surface area contributed by atoms with Crippen LogP contribution in [0.3, 0.4) is 0 Å². The Bertz CT molecular complexity index is 1270. The molecule has 1 amide bonds. The number of esters is 1. The molecule has 33 heavy (non-hydrogen) atoms. The third kappa shape index (κ3) is 5.71. The van der Waals surface area contributed by atoms with Gasteiger partial charge in [-0.3, -0.25) is 4.79 Å². The van der Waals surface area contributed by atoms with Crippen LogP contribution >= 0.6 is 27.7 Å². The number of hydrogen-bond donors (Lipinski definition) is 1. The molecule has 0 saturated carbocycles. The Kier molecular flexibility index (Phi) is 6.96. The fraction of sp³-hybridized carbons (Fsp3) is 0.0800. The van der Waals surface area contributed by atoms with Crippen molar-refractivity contribution in [3.05, 3.63) is 92.8 Å². The van der Waals surface area contributed by atoms with E-state index in [9.17, 15) is 9.59 Å². The van der Waals surface area contributed by atoms with E-state index in [-0.39, 0.29) is 5.91 Å². The Morgan fingerprint density at radius 3 is 2.48 bits per heavy atom. The van der Waals surface area contributed by atoms with Crippen molar-refractivity contribution in [3.63, 3.8) is 0 Å². The van der Waals surface area contributed by atoms with Crippen LogP contribution < -0.4 is 14.8 Å². The summed E-state index contributed by atoms with van der Waals surface area (Å²) >= 11 is 4.66. The number of ether oxygens (including phenoxy) is 2. The molecule has 6 nitrogen and oxygen atoms in total. The molecule has 4 rings (SSSR count). The van der Waals surface area contributed by atoms with Gasteiger partial charge < -0.3 is 14.8 Å². The maximum absolute atomic E-state index is 12.6. The van der Waals surface area contributed by atoms with Crippen molar-refractivity contribution in [2.45, 2.75) is 6.92 Å². The van der Waals surface area contributed by atoms with Gasteiger partial charge in [-0.05, 0) is 79.4 Å². The Balaban J connectivity index is 1.57. The summed E-state index contributed by atoms with van der Waals surface area (Å²) in [5.74, 6) is 0.208. The number of thioether (sulfide) groups is 1. The Hall–Kier alpha value is -3.36. The summed E-state index contributed by atoms with van der Waals surface area (Å²) in [4.78, 5) is 30.1. The van der Waals surface area contributed by atoms with E-state index in [2.05, 4.69) is 26.2 Å². The lowest BCUT2D eigenvalue weighted by Gasteiger charge is -2.09. The second-order valence-corrected chi connectivity index (χ2v) is 9.06. The molecule has 0 radical (unpaired) electrons. The standard InChI is InChI=1S/C25H19BrN2O4S/c1-15-3-8-19(9-4-15)27-25-28-23(29)22(33-25)14-17-13-18(26)7-12-21(17)32-24(30)16-5-10-20(31-2)11-6-16/h3-14H,1-2H3,(H,27,28,29)/b22-14-. The summed E-state index contributed by atoms with van der Waals surface area (Å²) in [6, 6.07) is 19.6. The van der Waals surface area contributed by atoms with Gasteiger partial charge in [-0.1, -0.05) is 33.6 Å². The first kappa shape index (κ1) is 22.8. The van der Waals surface area contributed by atoms with Crippen LogP contribution in [0.5, 0.6) is 11.5 Å². The van der Waals surface area contributed by atoms with Gasteiger partial charge in [-0.2, -0.15) is 0 Å². The van der Waals surface area contributed by atoms with Crippen molar-refractivity contribution in [3.8, 4) is 11.5 Å². The zero-order chi connectivity index (χ0) is 23.4. The van der Waals surface area contributed by atoms with Crippen LogP contribution in [0.25, 0.3) is 6.08 Å². The molecule has 1 aliphatic heterocycles. The molecule has 8 heteroatoms.